The van der Waals surface area contributed by atoms with Crippen LogP contribution in [0.3, 0.4) is 0 Å². The number of esters is 4. The van der Waals surface area contributed by atoms with Crippen molar-refractivity contribution in [1.82, 2.24) is 0 Å². The van der Waals surface area contributed by atoms with E-state index >= 15 is 0 Å². The topological polar surface area (TPSA) is 237 Å². The molecule has 5 atom stereocenters. The van der Waals surface area contributed by atoms with E-state index < -0.39 is 97.5 Å². The number of phosphoric ester groups is 2. The first-order valence-corrected chi connectivity index (χ1v) is 39.7. The van der Waals surface area contributed by atoms with Crippen molar-refractivity contribution in [3.63, 3.8) is 0 Å². The number of hydrogen-bond acceptors (Lipinski definition) is 15. The van der Waals surface area contributed by atoms with Crippen molar-refractivity contribution in [1.29, 1.82) is 0 Å². The van der Waals surface area contributed by atoms with Crippen LogP contribution in [0.2, 0.25) is 0 Å². The van der Waals surface area contributed by atoms with Crippen molar-refractivity contribution in [2.45, 2.75) is 356 Å². The summed E-state index contributed by atoms with van der Waals surface area (Å²) in [7, 11) is -9.92. The molecular formula is C72H136O17P2. The molecule has 0 aliphatic rings. The van der Waals surface area contributed by atoms with Crippen LogP contribution in [-0.2, 0) is 65.4 Å². The number of ether oxygens (including phenoxy) is 4. The smallest absolute Gasteiger partial charge is 0.462 e. The Morgan fingerprint density at radius 1 is 0.341 bits per heavy atom. The van der Waals surface area contributed by atoms with Crippen molar-refractivity contribution in [3.05, 3.63) is 24.3 Å². The third-order valence-electron chi connectivity index (χ3n) is 16.0. The second-order valence-electron chi connectivity index (χ2n) is 26.7. The van der Waals surface area contributed by atoms with E-state index in [9.17, 15) is 43.2 Å². The van der Waals surface area contributed by atoms with Crippen LogP contribution in [0.4, 0.5) is 0 Å². The van der Waals surface area contributed by atoms with Gasteiger partial charge >= 0.3 is 39.5 Å². The summed E-state index contributed by atoms with van der Waals surface area (Å²) in [6.45, 7) is 11.7. The van der Waals surface area contributed by atoms with Gasteiger partial charge in [0.05, 0.1) is 26.4 Å². The quantitative estimate of drug-likeness (QED) is 0.0169. The predicted octanol–water partition coefficient (Wildman–Crippen LogP) is 20.2. The number of hydrogen-bond donors (Lipinski definition) is 3. The zero-order valence-corrected chi connectivity index (χ0v) is 60.6. The average Bonchev–Trinajstić information content (AvgIpc) is 3.06. The molecule has 3 unspecified atom stereocenters. The number of phosphoric acid groups is 2. The molecule has 0 aromatic rings. The van der Waals surface area contributed by atoms with Gasteiger partial charge in [0, 0.05) is 25.7 Å². The Bertz CT molecular complexity index is 1880. The molecule has 536 valence electrons. The van der Waals surface area contributed by atoms with Gasteiger partial charge in [0.25, 0.3) is 0 Å². The maximum atomic E-state index is 13.0. The summed E-state index contributed by atoms with van der Waals surface area (Å²) in [6, 6.07) is 0. The second kappa shape index (κ2) is 62.4. The molecule has 0 saturated carbocycles. The molecule has 17 nitrogen and oxygen atoms in total. The highest BCUT2D eigenvalue weighted by molar-refractivity contribution is 7.47. The molecule has 0 rings (SSSR count). The third-order valence-corrected chi connectivity index (χ3v) is 17.9. The summed E-state index contributed by atoms with van der Waals surface area (Å²) < 4.78 is 68.3. The number of aliphatic hydroxyl groups excluding tert-OH is 1. The van der Waals surface area contributed by atoms with Crippen molar-refractivity contribution < 1.29 is 80.2 Å². The van der Waals surface area contributed by atoms with Crippen LogP contribution in [0, 0.1) is 17.8 Å². The standard InChI is InChI=1S/C72H136O17P2/c1-8-9-10-11-12-13-14-15-16-17-20-25-32-39-46-53-69(74)82-59-67(89-72(77)56-49-42-34-27-22-24-30-37-44-51-64(4)5)61-86-90(78,79)84-57-66(73)58-85-91(80,81)87-62-68(60-83-70(75)54-47-40-35-28-31-38-45-52-65(6)7)88-71(76)55-48-41-33-26-21-18-19-23-29-36-43-50-63(2)3/h13-16,63-68,73H,8-12,17-62H2,1-7H3,(H,78,79)(H,80,81)/b14-13-,16-15-/t66?,67-,68-/m1/s1. The number of carbonyl (C=O) groups excluding carboxylic acids is 4. The number of allylic oxidation sites excluding steroid dienone is 4. The van der Waals surface area contributed by atoms with Gasteiger partial charge in [-0.1, -0.05) is 285 Å². The van der Waals surface area contributed by atoms with Gasteiger partial charge in [-0.3, -0.25) is 37.3 Å². The summed E-state index contributed by atoms with van der Waals surface area (Å²) >= 11 is 0. The molecule has 0 fully saturated rings. The number of unbranched alkanes of at least 4 members (excludes halogenated alkanes) is 33. The van der Waals surface area contributed by atoms with E-state index in [2.05, 4.69) is 72.8 Å². The highest BCUT2D eigenvalue weighted by atomic mass is 31.2. The summed E-state index contributed by atoms with van der Waals surface area (Å²) in [5.41, 5.74) is 0. The molecule has 0 heterocycles. The first-order chi connectivity index (χ1) is 43.7. The molecule has 0 aromatic heterocycles. The molecule has 0 saturated heterocycles. The van der Waals surface area contributed by atoms with Gasteiger partial charge in [-0.2, -0.15) is 0 Å². The molecule has 0 bridgehead atoms. The zero-order chi connectivity index (χ0) is 67.3. The summed E-state index contributed by atoms with van der Waals surface area (Å²) in [5, 5.41) is 10.6. The molecule has 91 heavy (non-hydrogen) atoms. The molecule has 0 aliphatic heterocycles. The molecule has 0 aromatic carbocycles. The molecule has 3 N–H and O–H groups in total. The minimum atomic E-state index is -4.96. The van der Waals surface area contributed by atoms with Crippen LogP contribution in [0.25, 0.3) is 0 Å². The highest BCUT2D eigenvalue weighted by Gasteiger charge is 2.30. The molecule has 0 amide bonds. The second-order valence-corrected chi connectivity index (χ2v) is 29.6. The third kappa shape index (κ3) is 66.0. The maximum Gasteiger partial charge on any atom is 0.472 e. The SMILES string of the molecule is CCCCCC/C=C\C=C/CCCCCCCC(=O)OC[C@H](COP(=O)(O)OCC(O)COP(=O)(O)OC[C@@H](COC(=O)CCCCCCCCCC(C)C)OC(=O)CCCCCCCCCCCCCC(C)C)OC(=O)CCCCCCCCCCCC(C)C. The summed E-state index contributed by atoms with van der Waals surface area (Å²) in [6.07, 6.45) is 49.5. The molecule has 0 aliphatic carbocycles. The fraction of sp³-hybridized carbons (Fsp3) is 0.889. The minimum absolute atomic E-state index is 0.0980. The van der Waals surface area contributed by atoms with Crippen LogP contribution in [0.5, 0.6) is 0 Å². The molecule has 0 radical (unpaired) electrons. The van der Waals surface area contributed by atoms with Crippen LogP contribution in [0.1, 0.15) is 337 Å². The lowest BCUT2D eigenvalue weighted by atomic mass is 10.0. The van der Waals surface area contributed by atoms with Crippen LogP contribution in [-0.4, -0.2) is 96.7 Å². The van der Waals surface area contributed by atoms with E-state index in [4.69, 9.17) is 37.0 Å². The average molecular weight is 1340 g/mol. The minimum Gasteiger partial charge on any atom is -0.462 e. The van der Waals surface area contributed by atoms with Crippen LogP contribution < -0.4 is 0 Å². The highest BCUT2D eigenvalue weighted by Crippen LogP contribution is 2.45. The van der Waals surface area contributed by atoms with E-state index in [1.807, 2.05) is 0 Å². The van der Waals surface area contributed by atoms with Crippen molar-refractivity contribution >= 4 is 39.5 Å². The number of carbonyl (C=O) groups is 4. The maximum absolute atomic E-state index is 13.0. The van der Waals surface area contributed by atoms with Gasteiger partial charge in [-0.05, 0) is 69.1 Å². The number of aliphatic hydroxyl groups is 1. The van der Waals surface area contributed by atoms with Gasteiger partial charge in [0.15, 0.2) is 12.2 Å². The Morgan fingerprint density at radius 2 is 0.593 bits per heavy atom. The first kappa shape index (κ1) is 88.5. The van der Waals surface area contributed by atoms with E-state index in [1.165, 1.54) is 122 Å². The van der Waals surface area contributed by atoms with Gasteiger partial charge < -0.3 is 33.8 Å². The fourth-order valence-electron chi connectivity index (χ4n) is 10.4. The van der Waals surface area contributed by atoms with E-state index in [1.54, 1.807) is 0 Å². The van der Waals surface area contributed by atoms with Crippen LogP contribution >= 0.6 is 15.6 Å². The Balaban J connectivity index is 5.28. The van der Waals surface area contributed by atoms with Crippen molar-refractivity contribution in [2.75, 3.05) is 39.6 Å². The Hall–Kier alpha value is -2.46. The summed E-state index contributed by atoms with van der Waals surface area (Å²) in [5.74, 6) is 0.0451. The molecular weight excluding hydrogens is 1200 g/mol. The molecule has 0 spiro atoms. The van der Waals surface area contributed by atoms with Gasteiger partial charge in [-0.15, -0.1) is 0 Å². The lowest BCUT2D eigenvalue weighted by Crippen LogP contribution is -2.30. The van der Waals surface area contributed by atoms with Gasteiger partial charge in [0.2, 0.25) is 0 Å². The lowest BCUT2D eigenvalue weighted by Gasteiger charge is -2.21. The van der Waals surface area contributed by atoms with E-state index in [0.29, 0.717) is 31.6 Å². The van der Waals surface area contributed by atoms with Crippen LogP contribution in [0.15, 0.2) is 24.3 Å². The Labute approximate surface area is 554 Å². The molecule has 19 heteroatoms. The monoisotopic (exact) mass is 1330 g/mol. The van der Waals surface area contributed by atoms with E-state index in [-0.39, 0.29) is 25.7 Å². The van der Waals surface area contributed by atoms with Gasteiger partial charge in [-0.25, -0.2) is 9.13 Å². The van der Waals surface area contributed by atoms with Gasteiger partial charge in [0.1, 0.15) is 19.3 Å². The summed E-state index contributed by atoms with van der Waals surface area (Å²) in [4.78, 5) is 72.6. The van der Waals surface area contributed by atoms with E-state index in [0.717, 1.165) is 127 Å². The van der Waals surface area contributed by atoms with Crippen molar-refractivity contribution in [2.24, 2.45) is 17.8 Å². The van der Waals surface area contributed by atoms with Crippen molar-refractivity contribution in [3.8, 4) is 0 Å². The fourth-order valence-corrected chi connectivity index (χ4v) is 11.9. The predicted molar refractivity (Wildman–Crippen MR) is 367 cm³/mol. The normalized spacial score (nSPS) is 14.3. The first-order valence-electron chi connectivity index (χ1n) is 36.7. The lowest BCUT2D eigenvalue weighted by molar-refractivity contribution is -0.161. The Morgan fingerprint density at radius 3 is 0.890 bits per heavy atom. The zero-order valence-electron chi connectivity index (χ0n) is 58.8. The Kier molecular flexibility index (Phi) is 60.7. The largest absolute Gasteiger partial charge is 0.472 e. The number of rotatable bonds is 68.